The summed E-state index contributed by atoms with van der Waals surface area (Å²) < 4.78 is 16.8. The van der Waals surface area contributed by atoms with Crippen molar-refractivity contribution in [3.8, 4) is 11.8 Å². The van der Waals surface area contributed by atoms with Crippen LogP contribution in [0.4, 0.5) is 0 Å². The van der Waals surface area contributed by atoms with Gasteiger partial charge >= 0.3 is 0 Å². The SMILES string of the molecule is Cc1cccc(S(C)(=O)=NC(=O)c2cncc(C#Cc3cccnc3)c2)c1. The molecule has 3 aromatic rings. The van der Waals surface area contributed by atoms with Gasteiger partial charge < -0.3 is 0 Å². The quantitative estimate of drug-likeness (QED) is 0.643. The maximum Gasteiger partial charge on any atom is 0.286 e. The van der Waals surface area contributed by atoms with E-state index in [1.807, 2.05) is 19.1 Å². The molecule has 1 aromatic carbocycles. The topological polar surface area (TPSA) is 72.3 Å². The molecule has 1 atom stereocenters. The van der Waals surface area contributed by atoms with Crippen molar-refractivity contribution >= 4 is 15.6 Å². The van der Waals surface area contributed by atoms with E-state index in [1.54, 1.807) is 48.9 Å². The molecule has 27 heavy (non-hydrogen) atoms. The molecule has 0 aliphatic heterocycles. The highest BCUT2D eigenvalue weighted by Gasteiger charge is 2.12. The molecule has 6 heteroatoms. The lowest BCUT2D eigenvalue weighted by molar-refractivity contribution is 0.100. The van der Waals surface area contributed by atoms with Gasteiger partial charge in [-0.15, -0.1) is 0 Å². The van der Waals surface area contributed by atoms with E-state index >= 15 is 0 Å². The highest BCUT2D eigenvalue weighted by atomic mass is 32.2. The van der Waals surface area contributed by atoms with Crippen molar-refractivity contribution < 1.29 is 9.00 Å². The fourth-order valence-corrected chi connectivity index (χ4v) is 3.58. The smallest absolute Gasteiger partial charge is 0.266 e. The van der Waals surface area contributed by atoms with Gasteiger partial charge in [0, 0.05) is 47.1 Å². The Kier molecular flexibility index (Phi) is 5.43. The molecule has 134 valence electrons. The van der Waals surface area contributed by atoms with Crippen molar-refractivity contribution in [2.24, 2.45) is 4.36 Å². The maximum absolute atomic E-state index is 12.9. The van der Waals surface area contributed by atoms with Crippen molar-refractivity contribution in [2.45, 2.75) is 11.8 Å². The van der Waals surface area contributed by atoms with Gasteiger partial charge in [0.05, 0.1) is 15.3 Å². The van der Waals surface area contributed by atoms with Gasteiger partial charge in [0.15, 0.2) is 0 Å². The summed E-state index contributed by atoms with van der Waals surface area (Å²) in [5.41, 5.74) is 2.53. The number of aromatic nitrogens is 2. The zero-order valence-electron chi connectivity index (χ0n) is 14.9. The van der Waals surface area contributed by atoms with Gasteiger partial charge in [0.2, 0.25) is 0 Å². The molecule has 1 unspecified atom stereocenters. The van der Waals surface area contributed by atoms with Crippen molar-refractivity contribution in [2.75, 3.05) is 6.26 Å². The Morgan fingerprint density at radius 2 is 1.78 bits per heavy atom. The number of benzene rings is 1. The van der Waals surface area contributed by atoms with Gasteiger partial charge in [0.25, 0.3) is 5.91 Å². The van der Waals surface area contributed by atoms with Crippen molar-refractivity contribution in [3.05, 3.63) is 89.5 Å². The third kappa shape index (κ3) is 4.87. The lowest BCUT2D eigenvalue weighted by Crippen LogP contribution is -2.04. The predicted octanol–water partition coefficient (Wildman–Crippen LogP) is 3.48. The van der Waals surface area contributed by atoms with Crippen molar-refractivity contribution in [1.29, 1.82) is 0 Å². The average Bonchev–Trinajstić information content (AvgIpc) is 2.67. The highest BCUT2D eigenvalue weighted by Crippen LogP contribution is 2.15. The molecule has 5 nitrogen and oxygen atoms in total. The van der Waals surface area contributed by atoms with Gasteiger partial charge in [-0.05, 0) is 42.8 Å². The molecule has 2 heterocycles. The third-order valence-corrected chi connectivity index (χ3v) is 5.32. The van der Waals surface area contributed by atoms with Gasteiger partial charge in [-0.1, -0.05) is 24.0 Å². The normalized spacial score (nSPS) is 12.4. The molecule has 3 rings (SSSR count). The molecular formula is C21H17N3O2S. The molecule has 1 amide bonds. The second kappa shape index (κ2) is 7.94. The number of aryl methyl sites for hydroxylation is 1. The van der Waals surface area contributed by atoms with Crippen LogP contribution >= 0.6 is 0 Å². The number of hydrogen-bond donors (Lipinski definition) is 0. The minimum atomic E-state index is -2.84. The first-order chi connectivity index (χ1) is 12.9. The zero-order valence-corrected chi connectivity index (χ0v) is 15.7. The van der Waals surface area contributed by atoms with Crippen LogP contribution in [0.5, 0.6) is 0 Å². The third-order valence-electron chi connectivity index (χ3n) is 3.68. The fourth-order valence-electron chi connectivity index (χ4n) is 2.32. The standard InChI is InChI=1S/C21H17N3O2S/c1-16-5-3-7-20(11-16)27(2,26)24-21(25)19-12-18(14-23-15-19)9-8-17-6-4-10-22-13-17/h3-7,10-15H,1-2H3. The number of hydrogen-bond acceptors (Lipinski definition) is 4. The molecule has 0 bridgehead atoms. The maximum atomic E-state index is 12.9. The summed E-state index contributed by atoms with van der Waals surface area (Å²) in [4.78, 5) is 21.1. The van der Waals surface area contributed by atoms with Gasteiger partial charge in [-0.25, -0.2) is 4.21 Å². The van der Waals surface area contributed by atoms with E-state index in [-0.39, 0.29) is 5.56 Å². The van der Waals surface area contributed by atoms with Crippen LogP contribution < -0.4 is 0 Å². The Labute approximate surface area is 158 Å². The van der Waals surface area contributed by atoms with Crippen LogP contribution in [-0.2, 0) is 9.73 Å². The Bertz CT molecular complexity index is 1170. The first kappa shape index (κ1) is 18.5. The zero-order chi connectivity index (χ0) is 19.3. The van der Waals surface area contributed by atoms with Crippen molar-refractivity contribution in [3.63, 3.8) is 0 Å². The molecule has 0 aliphatic rings. The van der Waals surface area contributed by atoms with Gasteiger partial charge in [0.1, 0.15) is 0 Å². The summed E-state index contributed by atoms with van der Waals surface area (Å²) >= 11 is 0. The number of nitrogens with zero attached hydrogens (tertiary/aromatic N) is 3. The van der Waals surface area contributed by atoms with E-state index in [0.717, 1.165) is 11.1 Å². The highest BCUT2D eigenvalue weighted by molar-refractivity contribution is 7.93. The average molecular weight is 375 g/mol. The van der Waals surface area contributed by atoms with Crippen LogP contribution in [0, 0.1) is 18.8 Å². The van der Waals surface area contributed by atoms with Gasteiger partial charge in [-0.3, -0.25) is 14.8 Å². The number of carbonyl (C=O) groups excluding carboxylic acids is 1. The molecule has 0 spiro atoms. The summed E-state index contributed by atoms with van der Waals surface area (Å²) in [5.74, 6) is 5.32. The number of carbonyl (C=O) groups is 1. The van der Waals surface area contributed by atoms with E-state index in [4.69, 9.17) is 0 Å². The summed E-state index contributed by atoms with van der Waals surface area (Å²) in [6.45, 7) is 1.90. The van der Waals surface area contributed by atoms with E-state index in [0.29, 0.717) is 10.5 Å². The summed E-state index contributed by atoms with van der Waals surface area (Å²) in [7, 11) is -2.84. The number of rotatable bonds is 2. The van der Waals surface area contributed by atoms with Crippen LogP contribution in [0.1, 0.15) is 27.0 Å². The molecule has 0 N–H and O–H groups in total. The molecule has 0 saturated carbocycles. The molecular weight excluding hydrogens is 358 g/mol. The lowest BCUT2D eigenvalue weighted by atomic mass is 10.2. The van der Waals surface area contributed by atoms with Crippen LogP contribution in [0.3, 0.4) is 0 Å². The first-order valence-corrected chi connectivity index (χ1v) is 10.1. The number of pyridine rings is 2. The summed E-state index contributed by atoms with van der Waals surface area (Å²) in [5, 5.41) is 0. The van der Waals surface area contributed by atoms with E-state index in [2.05, 4.69) is 26.2 Å². The number of amides is 1. The van der Waals surface area contributed by atoms with Crippen LogP contribution in [-0.4, -0.2) is 26.3 Å². The Morgan fingerprint density at radius 1 is 1.00 bits per heavy atom. The largest absolute Gasteiger partial charge is 0.286 e. The summed E-state index contributed by atoms with van der Waals surface area (Å²) in [6.07, 6.45) is 7.73. The fraction of sp³-hybridized carbons (Fsp3) is 0.0952. The Morgan fingerprint density at radius 3 is 2.52 bits per heavy atom. The van der Waals surface area contributed by atoms with E-state index in [1.165, 1.54) is 12.5 Å². The first-order valence-electron chi connectivity index (χ1n) is 8.14. The van der Waals surface area contributed by atoms with Crippen LogP contribution in [0.2, 0.25) is 0 Å². The van der Waals surface area contributed by atoms with Crippen LogP contribution in [0.15, 0.2) is 76.5 Å². The minimum Gasteiger partial charge on any atom is -0.266 e. The molecule has 0 fully saturated rings. The van der Waals surface area contributed by atoms with E-state index < -0.39 is 15.6 Å². The molecule has 0 aliphatic carbocycles. The minimum absolute atomic E-state index is 0.246. The predicted molar refractivity (Wildman–Crippen MR) is 105 cm³/mol. The summed E-state index contributed by atoms with van der Waals surface area (Å²) in [6, 6.07) is 12.4. The van der Waals surface area contributed by atoms with E-state index in [9.17, 15) is 9.00 Å². The Hall–Kier alpha value is -3.30. The van der Waals surface area contributed by atoms with Crippen molar-refractivity contribution in [1.82, 2.24) is 9.97 Å². The molecule has 0 saturated heterocycles. The second-order valence-electron chi connectivity index (χ2n) is 5.97. The Balaban J connectivity index is 1.90. The lowest BCUT2D eigenvalue weighted by Gasteiger charge is -2.05. The van der Waals surface area contributed by atoms with Crippen LogP contribution in [0.25, 0.3) is 0 Å². The molecule has 2 aromatic heterocycles. The van der Waals surface area contributed by atoms with Gasteiger partial charge in [-0.2, -0.15) is 4.36 Å². The monoisotopic (exact) mass is 375 g/mol. The second-order valence-corrected chi connectivity index (χ2v) is 8.23. The molecule has 0 radical (unpaired) electrons.